The second kappa shape index (κ2) is 3.95. The van der Waals surface area contributed by atoms with Crippen LogP contribution in [0.3, 0.4) is 0 Å². The Morgan fingerprint density at radius 2 is 2.13 bits per heavy atom. The van der Waals surface area contributed by atoms with Gasteiger partial charge in [-0.05, 0) is 13.0 Å². The SMILES string of the molecule is COc1cc(C)c([N+](=O)[O-])c(C(=O)O)c1. The minimum atomic E-state index is -1.34. The van der Waals surface area contributed by atoms with Crippen molar-refractivity contribution in [1.82, 2.24) is 0 Å². The number of ether oxygens (including phenoxy) is 1. The van der Waals surface area contributed by atoms with E-state index in [0.717, 1.165) is 6.07 Å². The Kier molecular flexibility index (Phi) is 2.89. The molecule has 0 fully saturated rings. The Balaban J connectivity index is 3.49. The van der Waals surface area contributed by atoms with Gasteiger partial charge >= 0.3 is 5.97 Å². The van der Waals surface area contributed by atoms with Crippen LogP contribution in [-0.4, -0.2) is 23.1 Å². The van der Waals surface area contributed by atoms with E-state index in [1.807, 2.05) is 0 Å². The van der Waals surface area contributed by atoms with Gasteiger partial charge in [-0.1, -0.05) is 0 Å². The summed E-state index contributed by atoms with van der Waals surface area (Å²) in [6, 6.07) is 2.55. The number of nitrogens with zero attached hydrogens (tertiary/aromatic N) is 1. The van der Waals surface area contributed by atoms with Gasteiger partial charge in [0.05, 0.1) is 12.0 Å². The van der Waals surface area contributed by atoms with Gasteiger partial charge in [-0.3, -0.25) is 10.1 Å². The van der Waals surface area contributed by atoms with Crippen molar-refractivity contribution in [2.75, 3.05) is 7.11 Å². The van der Waals surface area contributed by atoms with Crippen LogP contribution >= 0.6 is 0 Å². The molecule has 0 aliphatic heterocycles. The lowest BCUT2D eigenvalue weighted by Gasteiger charge is -2.05. The molecular formula is C9H9NO5. The molecule has 80 valence electrons. The predicted octanol–water partition coefficient (Wildman–Crippen LogP) is 1.61. The van der Waals surface area contributed by atoms with E-state index in [-0.39, 0.29) is 16.9 Å². The predicted molar refractivity (Wildman–Crippen MR) is 51.3 cm³/mol. The maximum atomic E-state index is 10.8. The van der Waals surface area contributed by atoms with Crippen LogP contribution in [0, 0.1) is 17.0 Å². The minimum Gasteiger partial charge on any atom is -0.497 e. The van der Waals surface area contributed by atoms with Crippen molar-refractivity contribution in [3.8, 4) is 5.75 Å². The first-order valence-electron chi connectivity index (χ1n) is 4.03. The zero-order valence-corrected chi connectivity index (χ0v) is 8.18. The Labute approximate surface area is 85.2 Å². The second-order valence-electron chi connectivity index (χ2n) is 2.90. The van der Waals surface area contributed by atoms with Gasteiger partial charge in [0.25, 0.3) is 5.69 Å². The largest absolute Gasteiger partial charge is 0.497 e. The fraction of sp³-hybridized carbons (Fsp3) is 0.222. The third-order valence-corrected chi connectivity index (χ3v) is 1.92. The first kappa shape index (κ1) is 11.0. The number of rotatable bonds is 3. The molecule has 0 radical (unpaired) electrons. The van der Waals surface area contributed by atoms with Crippen LogP contribution in [-0.2, 0) is 0 Å². The summed E-state index contributed by atoms with van der Waals surface area (Å²) in [5.74, 6) is -1.06. The minimum absolute atomic E-state index is 0.261. The topological polar surface area (TPSA) is 89.7 Å². The van der Waals surface area contributed by atoms with Gasteiger partial charge in [-0.2, -0.15) is 0 Å². The highest BCUT2D eigenvalue weighted by Gasteiger charge is 2.23. The number of hydrogen-bond donors (Lipinski definition) is 1. The van der Waals surface area contributed by atoms with Crippen molar-refractivity contribution >= 4 is 11.7 Å². The van der Waals surface area contributed by atoms with E-state index in [2.05, 4.69) is 0 Å². The molecular weight excluding hydrogens is 202 g/mol. The van der Waals surface area contributed by atoms with Gasteiger partial charge in [-0.25, -0.2) is 4.79 Å². The second-order valence-corrected chi connectivity index (χ2v) is 2.90. The average Bonchev–Trinajstić information content (AvgIpc) is 2.15. The standard InChI is InChI=1S/C9H9NO5/c1-5-3-6(15-2)4-7(9(11)12)8(5)10(13)14/h3-4H,1-2H3,(H,11,12). The van der Waals surface area contributed by atoms with E-state index in [0.29, 0.717) is 0 Å². The van der Waals surface area contributed by atoms with Crippen molar-refractivity contribution in [1.29, 1.82) is 0 Å². The molecule has 0 bridgehead atoms. The molecule has 0 saturated heterocycles. The molecule has 0 heterocycles. The first-order chi connectivity index (χ1) is 6.97. The van der Waals surface area contributed by atoms with Crippen molar-refractivity contribution < 1.29 is 19.6 Å². The summed E-state index contributed by atoms with van der Waals surface area (Å²) in [6.45, 7) is 1.47. The summed E-state index contributed by atoms with van der Waals surface area (Å²) in [5.41, 5.74) is -0.503. The summed E-state index contributed by atoms with van der Waals surface area (Å²) in [6.07, 6.45) is 0. The van der Waals surface area contributed by atoms with E-state index in [1.54, 1.807) is 0 Å². The molecule has 0 aliphatic carbocycles. The quantitative estimate of drug-likeness (QED) is 0.605. The fourth-order valence-corrected chi connectivity index (χ4v) is 1.27. The number of carboxylic acid groups (broad SMARTS) is 1. The van der Waals surface area contributed by atoms with Crippen LogP contribution in [0.15, 0.2) is 12.1 Å². The molecule has 0 aromatic heterocycles. The summed E-state index contributed by atoms with van der Waals surface area (Å²) in [7, 11) is 1.37. The smallest absolute Gasteiger partial charge is 0.342 e. The Bertz CT molecular complexity index is 427. The molecule has 0 aliphatic rings. The van der Waals surface area contributed by atoms with Gasteiger partial charge in [0.15, 0.2) is 0 Å². The molecule has 0 saturated carbocycles. The molecule has 6 heteroatoms. The summed E-state index contributed by atoms with van der Waals surface area (Å²) < 4.78 is 4.83. The van der Waals surface area contributed by atoms with Crippen molar-refractivity contribution in [2.24, 2.45) is 0 Å². The molecule has 15 heavy (non-hydrogen) atoms. The lowest BCUT2D eigenvalue weighted by atomic mass is 10.1. The number of carboxylic acids is 1. The highest BCUT2D eigenvalue weighted by atomic mass is 16.6. The Hall–Kier alpha value is -2.11. The molecule has 0 spiro atoms. The summed E-state index contributed by atoms with van der Waals surface area (Å²) in [5, 5.41) is 19.4. The highest BCUT2D eigenvalue weighted by Crippen LogP contribution is 2.28. The number of hydrogen-bond acceptors (Lipinski definition) is 4. The monoisotopic (exact) mass is 211 g/mol. The number of aromatic carboxylic acids is 1. The van der Waals surface area contributed by atoms with E-state index in [9.17, 15) is 14.9 Å². The lowest BCUT2D eigenvalue weighted by molar-refractivity contribution is -0.385. The van der Waals surface area contributed by atoms with E-state index < -0.39 is 16.6 Å². The van der Waals surface area contributed by atoms with Crippen molar-refractivity contribution in [3.05, 3.63) is 33.4 Å². The van der Waals surface area contributed by atoms with Crippen LogP contribution in [0.5, 0.6) is 5.75 Å². The zero-order valence-electron chi connectivity index (χ0n) is 8.18. The molecule has 1 N–H and O–H groups in total. The number of nitro benzene ring substituents is 1. The van der Waals surface area contributed by atoms with Gasteiger partial charge < -0.3 is 9.84 Å². The number of aryl methyl sites for hydroxylation is 1. The van der Waals surface area contributed by atoms with Crippen LogP contribution in [0.4, 0.5) is 5.69 Å². The molecule has 0 atom stereocenters. The molecule has 1 rings (SSSR count). The van der Waals surface area contributed by atoms with Crippen LogP contribution in [0.2, 0.25) is 0 Å². The van der Waals surface area contributed by atoms with E-state index >= 15 is 0 Å². The third-order valence-electron chi connectivity index (χ3n) is 1.92. The molecule has 6 nitrogen and oxygen atoms in total. The zero-order chi connectivity index (χ0) is 11.6. The maximum absolute atomic E-state index is 10.8. The van der Waals surface area contributed by atoms with Gasteiger partial charge in [0, 0.05) is 11.6 Å². The van der Waals surface area contributed by atoms with Crippen molar-refractivity contribution in [2.45, 2.75) is 6.92 Å². The molecule has 0 unspecified atom stereocenters. The normalized spacial score (nSPS) is 9.73. The lowest BCUT2D eigenvalue weighted by Crippen LogP contribution is -2.05. The number of methoxy groups -OCH3 is 1. The van der Waals surface area contributed by atoms with Gasteiger partial charge in [0.2, 0.25) is 0 Å². The Morgan fingerprint density at radius 3 is 2.53 bits per heavy atom. The van der Waals surface area contributed by atoms with Crippen LogP contribution in [0.25, 0.3) is 0 Å². The molecule has 1 aromatic carbocycles. The molecule has 1 aromatic rings. The van der Waals surface area contributed by atoms with Gasteiger partial charge in [-0.15, -0.1) is 0 Å². The van der Waals surface area contributed by atoms with Crippen LogP contribution < -0.4 is 4.74 Å². The van der Waals surface area contributed by atoms with Crippen molar-refractivity contribution in [3.63, 3.8) is 0 Å². The number of nitro groups is 1. The Morgan fingerprint density at radius 1 is 1.53 bits per heavy atom. The molecule has 0 amide bonds. The van der Waals surface area contributed by atoms with Gasteiger partial charge in [0.1, 0.15) is 11.3 Å². The first-order valence-corrected chi connectivity index (χ1v) is 4.03. The van der Waals surface area contributed by atoms with E-state index in [1.165, 1.54) is 20.1 Å². The van der Waals surface area contributed by atoms with Crippen LogP contribution in [0.1, 0.15) is 15.9 Å². The number of benzene rings is 1. The fourth-order valence-electron chi connectivity index (χ4n) is 1.27. The average molecular weight is 211 g/mol. The van der Waals surface area contributed by atoms with E-state index in [4.69, 9.17) is 9.84 Å². The third kappa shape index (κ3) is 2.04. The highest BCUT2D eigenvalue weighted by molar-refractivity contribution is 5.93. The maximum Gasteiger partial charge on any atom is 0.342 e. The number of carbonyl (C=O) groups is 1. The summed E-state index contributed by atoms with van der Waals surface area (Å²) >= 11 is 0. The summed E-state index contributed by atoms with van der Waals surface area (Å²) in [4.78, 5) is 20.7.